The lowest BCUT2D eigenvalue weighted by Gasteiger charge is -2.09. The summed E-state index contributed by atoms with van der Waals surface area (Å²) in [5.74, 6) is -1.82. The Kier molecular flexibility index (Phi) is 9.18. The van der Waals surface area contributed by atoms with Crippen LogP contribution in [0.3, 0.4) is 0 Å². The van der Waals surface area contributed by atoms with Gasteiger partial charge in [-0.05, 0) is 6.92 Å². The van der Waals surface area contributed by atoms with Crippen molar-refractivity contribution in [3.8, 4) is 0 Å². The van der Waals surface area contributed by atoms with Gasteiger partial charge in [0.15, 0.2) is 0 Å². The maximum absolute atomic E-state index is 11.1. The van der Waals surface area contributed by atoms with Crippen LogP contribution in [0.25, 0.3) is 0 Å². The molecule has 1 atom stereocenters. The lowest BCUT2D eigenvalue weighted by molar-refractivity contribution is -0.140. The summed E-state index contributed by atoms with van der Waals surface area (Å²) in [7, 11) is 1.16. The van der Waals surface area contributed by atoms with Crippen molar-refractivity contribution >= 4 is 23.9 Å². The van der Waals surface area contributed by atoms with Gasteiger partial charge in [0.25, 0.3) is 0 Å². The van der Waals surface area contributed by atoms with Crippen LogP contribution in [0, 0.1) is 0 Å². The molecule has 0 spiro atoms. The normalized spacial score (nSPS) is 11.6. The molecule has 0 saturated carbocycles. The van der Waals surface area contributed by atoms with Crippen LogP contribution in [0.4, 0.5) is 4.79 Å². The SMILES string of the molecule is COC(=O)/C=C/C(=O)OCCOC(=O)OC[C@H](N)C(C)=O. The molecule has 0 aromatic carbocycles. The minimum absolute atomic E-state index is 0.224. The monoisotopic (exact) mass is 303 g/mol. The van der Waals surface area contributed by atoms with Crippen molar-refractivity contribution < 1.29 is 38.1 Å². The molecule has 0 heterocycles. The number of hydrogen-bond donors (Lipinski definition) is 1. The average Bonchev–Trinajstić information content (AvgIpc) is 2.46. The average molecular weight is 303 g/mol. The molecule has 0 rings (SSSR count). The van der Waals surface area contributed by atoms with Crippen molar-refractivity contribution in [2.45, 2.75) is 13.0 Å². The molecule has 118 valence electrons. The number of rotatable bonds is 8. The summed E-state index contributed by atoms with van der Waals surface area (Å²) in [6.07, 6.45) is 0.726. The summed E-state index contributed by atoms with van der Waals surface area (Å²) in [6.45, 7) is 0.501. The number of hydrogen-bond acceptors (Lipinski definition) is 9. The first-order valence-corrected chi connectivity index (χ1v) is 5.85. The van der Waals surface area contributed by atoms with Crippen molar-refractivity contribution in [1.29, 1.82) is 0 Å². The first kappa shape index (κ1) is 18.6. The predicted molar refractivity (Wildman–Crippen MR) is 68.1 cm³/mol. The molecule has 9 heteroatoms. The summed E-state index contributed by atoms with van der Waals surface area (Å²) >= 11 is 0. The smallest absolute Gasteiger partial charge is 0.466 e. The third-order valence-corrected chi connectivity index (χ3v) is 2.01. The van der Waals surface area contributed by atoms with Crippen LogP contribution in [-0.2, 0) is 33.3 Å². The van der Waals surface area contributed by atoms with Gasteiger partial charge in [-0.3, -0.25) is 4.79 Å². The molecule has 0 unspecified atom stereocenters. The molecule has 0 fully saturated rings. The lowest BCUT2D eigenvalue weighted by Crippen LogP contribution is -2.34. The Morgan fingerprint density at radius 2 is 1.57 bits per heavy atom. The predicted octanol–water partition coefficient (Wildman–Crippen LogP) is -0.672. The van der Waals surface area contributed by atoms with E-state index in [1.807, 2.05) is 0 Å². The van der Waals surface area contributed by atoms with E-state index >= 15 is 0 Å². The highest BCUT2D eigenvalue weighted by Gasteiger charge is 2.12. The molecule has 21 heavy (non-hydrogen) atoms. The van der Waals surface area contributed by atoms with Crippen molar-refractivity contribution in [2.24, 2.45) is 5.73 Å². The van der Waals surface area contributed by atoms with E-state index < -0.39 is 24.1 Å². The van der Waals surface area contributed by atoms with Crippen molar-refractivity contribution in [2.75, 3.05) is 26.9 Å². The van der Waals surface area contributed by atoms with E-state index in [1.165, 1.54) is 6.92 Å². The topological polar surface area (TPSA) is 131 Å². The van der Waals surface area contributed by atoms with Crippen LogP contribution in [-0.4, -0.2) is 56.8 Å². The van der Waals surface area contributed by atoms with E-state index in [0.717, 1.165) is 19.3 Å². The number of nitrogens with two attached hydrogens (primary N) is 1. The number of ketones is 1. The first-order valence-electron chi connectivity index (χ1n) is 5.85. The van der Waals surface area contributed by atoms with Crippen LogP contribution in [0.15, 0.2) is 12.2 Å². The fraction of sp³-hybridized carbons (Fsp3) is 0.500. The Labute approximate surface area is 121 Å². The summed E-state index contributed by atoms with van der Waals surface area (Å²) in [6, 6.07) is -0.904. The number of esters is 2. The molecule has 0 saturated heterocycles. The van der Waals surface area contributed by atoms with Crippen molar-refractivity contribution in [3.05, 3.63) is 12.2 Å². The number of carbonyl (C=O) groups is 4. The zero-order valence-corrected chi connectivity index (χ0v) is 11.7. The Morgan fingerprint density at radius 1 is 1.00 bits per heavy atom. The number of Topliss-reactive ketones (excluding diaryl/α,β-unsaturated/α-hetero) is 1. The second-order valence-electron chi connectivity index (χ2n) is 3.65. The molecule has 0 radical (unpaired) electrons. The van der Waals surface area contributed by atoms with Gasteiger partial charge in [-0.15, -0.1) is 0 Å². The third kappa shape index (κ3) is 10.1. The van der Waals surface area contributed by atoms with Gasteiger partial charge in [0.1, 0.15) is 25.6 Å². The molecule has 2 N–H and O–H groups in total. The maximum Gasteiger partial charge on any atom is 0.508 e. The van der Waals surface area contributed by atoms with Crippen LogP contribution in [0.2, 0.25) is 0 Å². The maximum atomic E-state index is 11.1. The fourth-order valence-corrected chi connectivity index (χ4v) is 0.836. The highest BCUT2D eigenvalue weighted by molar-refractivity contribution is 5.91. The Hall–Kier alpha value is -2.42. The summed E-state index contributed by atoms with van der Waals surface area (Å²) < 4.78 is 18.0. The zero-order valence-electron chi connectivity index (χ0n) is 11.7. The van der Waals surface area contributed by atoms with E-state index in [-0.39, 0.29) is 25.6 Å². The fourth-order valence-electron chi connectivity index (χ4n) is 0.836. The van der Waals surface area contributed by atoms with E-state index in [0.29, 0.717) is 0 Å². The van der Waals surface area contributed by atoms with Crippen LogP contribution < -0.4 is 5.73 Å². The van der Waals surface area contributed by atoms with E-state index in [4.69, 9.17) is 5.73 Å². The van der Waals surface area contributed by atoms with Gasteiger partial charge in [-0.2, -0.15) is 0 Å². The van der Waals surface area contributed by atoms with Gasteiger partial charge < -0.3 is 24.7 Å². The first-order chi connectivity index (χ1) is 9.86. The number of carbonyl (C=O) groups excluding carboxylic acids is 4. The minimum atomic E-state index is -1.03. The van der Waals surface area contributed by atoms with Gasteiger partial charge in [-0.25, -0.2) is 14.4 Å². The molecule has 0 aromatic heterocycles. The molecule has 0 aliphatic rings. The molecular formula is C12H17NO8. The molecule has 0 amide bonds. The number of methoxy groups -OCH3 is 1. The van der Waals surface area contributed by atoms with Crippen molar-refractivity contribution in [1.82, 2.24) is 0 Å². The van der Waals surface area contributed by atoms with Gasteiger partial charge in [0.05, 0.1) is 13.2 Å². The molecule has 0 bridgehead atoms. The van der Waals surface area contributed by atoms with E-state index in [2.05, 4.69) is 18.9 Å². The van der Waals surface area contributed by atoms with Gasteiger partial charge >= 0.3 is 18.1 Å². The van der Waals surface area contributed by atoms with Gasteiger partial charge in [0, 0.05) is 12.2 Å². The van der Waals surface area contributed by atoms with Gasteiger partial charge in [0.2, 0.25) is 0 Å². The largest absolute Gasteiger partial charge is 0.508 e. The van der Waals surface area contributed by atoms with Gasteiger partial charge in [-0.1, -0.05) is 0 Å². The van der Waals surface area contributed by atoms with Crippen LogP contribution >= 0.6 is 0 Å². The van der Waals surface area contributed by atoms with Crippen LogP contribution in [0.1, 0.15) is 6.92 Å². The Bertz CT molecular complexity index is 417. The Balaban J connectivity index is 3.73. The summed E-state index contributed by atoms with van der Waals surface area (Å²) in [4.78, 5) is 43.5. The standard InChI is InChI=1S/C12H17NO8/c1-8(14)9(13)7-21-12(17)20-6-5-19-11(16)4-3-10(15)18-2/h3-4,9H,5-7,13H2,1-2H3/b4-3+/t9-/m0/s1. The second-order valence-corrected chi connectivity index (χ2v) is 3.65. The van der Waals surface area contributed by atoms with E-state index in [9.17, 15) is 19.2 Å². The van der Waals surface area contributed by atoms with E-state index in [1.54, 1.807) is 0 Å². The molecular weight excluding hydrogens is 286 g/mol. The molecule has 9 nitrogen and oxygen atoms in total. The molecule has 0 aromatic rings. The third-order valence-electron chi connectivity index (χ3n) is 2.01. The summed E-state index contributed by atoms with van der Waals surface area (Å²) in [5, 5.41) is 0. The highest BCUT2D eigenvalue weighted by atomic mass is 16.7. The van der Waals surface area contributed by atoms with Crippen molar-refractivity contribution in [3.63, 3.8) is 0 Å². The Morgan fingerprint density at radius 3 is 2.14 bits per heavy atom. The highest BCUT2D eigenvalue weighted by Crippen LogP contribution is 1.91. The molecule has 0 aliphatic heterocycles. The zero-order chi connectivity index (χ0) is 16.3. The molecule has 0 aliphatic carbocycles. The lowest BCUT2D eigenvalue weighted by atomic mass is 10.2. The number of ether oxygens (including phenoxy) is 4. The van der Waals surface area contributed by atoms with Crippen LogP contribution in [0.5, 0.6) is 0 Å². The minimum Gasteiger partial charge on any atom is -0.466 e. The second kappa shape index (κ2) is 10.4. The summed E-state index contributed by atoms with van der Waals surface area (Å²) in [5.41, 5.74) is 5.33. The quantitative estimate of drug-likeness (QED) is 0.268.